The maximum atomic E-state index is 13.8. The zero-order valence-corrected chi connectivity index (χ0v) is 19.6. The van der Waals surface area contributed by atoms with Crippen molar-refractivity contribution in [1.82, 2.24) is 15.4 Å². The highest BCUT2D eigenvalue weighted by Gasteiger charge is 2.44. The van der Waals surface area contributed by atoms with E-state index in [4.69, 9.17) is 14.0 Å². The quantitative estimate of drug-likeness (QED) is 0.346. The minimum atomic E-state index is -0.447. The monoisotopic (exact) mass is 478 g/mol. The molecule has 0 radical (unpaired) electrons. The minimum Gasteiger partial charge on any atom is -0.497 e. The van der Waals surface area contributed by atoms with Crippen LogP contribution in [0.5, 0.6) is 11.5 Å². The molecule has 0 bridgehead atoms. The molecule has 2 aromatic heterocycles. The number of amides is 1. The van der Waals surface area contributed by atoms with E-state index in [-0.39, 0.29) is 5.91 Å². The zero-order chi connectivity index (χ0) is 24.6. The molecular weight excluding hydrogens is 456 g/mol. The lowest BCUT2D eigenvalue weighted by Crippen LogP contribution is -2.29. The Labute approximate surface area is 207 Å². The molecule has 1 atom stereocenters. The number of benzene rings is 3. The first-order valence-corrected chi connectivity index (χ1v) is 11.4. The van der Waals surface area contributed by atoms with E-state index in [0.717, 1.165) is 39.4 Å². The second kappa shape index (κ2) is 8.74. The zero-order valence-electron chi connectivity index (χ0n) is 19.6. The number of methoxy groups -OCH3 is 2. The van der Waals surface area contributed by atoms with E-state index >= 15 is 0 Å². The fourth-order valence-electron chi connectivity index (χ4n) is 4.72. The molecule has 8 nitrogen and oxygen atoms in total. The maximum Gasteiger partial charge on any atom is 0.277 e. The summed E-state index contributed by atoms with van der Waals surface area (Å²) in [5.74, 6) is 1.27. The van der Waals surface area contributed by atoms with Crippen molar-refractivity contribution in [2.24, 2.45) is 0 Å². The second-order valence-electron chi connectivity index (χ2n) is 8.34. The molecule has 3 heterocycles. The van der Waals surface area contributed by atoms with Crippen molar-refractivity contribution in [2.45, 2.75) is 6.04 Å². The Balaban J connectivity index is 1.50. The number of anilines is 1. The number of H-pyrrole nitrogens is 1. The highest BCUT2D eigenvalue weighted by molar-refractivity contribution is 6.12. The summed E-state index contributed by atoms with van der Waals surface area (Å²) < 4.78 is 16.0. The molecule has 0 aliphatic carbocycles. The average molecular weight is 479 g/mol. The molecule has 0 fully saturated rings. The van der Waals surface area contributed by atoms with E-state index in [9.17, 15) is 4.79 Å². The van der Waals surface area contributed by atoms with Crippen LogP contribution in [-0.4, -0.2) is 35.5 Å². The van der Waals surface area contributed by atoms with E-state index in [0.29, 0.717) is 17.1 Å². The van der Waals surface area contributed by atoms with Gasteiger partial charge in [0.1, 0.15) is 29.2 Å². The largest absolute Gasteiger partial charge is 0.497 e. The van der Waals surface area contributed by atoms with Crippen LogP contribution in [0.2, 0.25) is 0 Å². The number of hydrogen-bond acceptors (Lipinski definition) is 6. The highest BCUT2D eigenvalue weighted by atomic mass is 16.5. The third-order valence-electron chi connectivity index (χ3n) is 6.44. The number of aromatic amines is 1. The fraction of sp³-hybridized carbons (Fsp3) is 0.107. The molecule has 178 valence electrons. The summed E-state index contributed by atoms with van der Waals surface area (Å²) >= 11 is 0. The van der Waals surface area contributed by atoms with Gasteiger partial charge in [0.05, 0.1) is 26.0 Å². The van der Waals surface area contributed by atoms with Gasteiger partial charge in [-0.25, -0.2) is 0 Å². The molecule has 0 saturated carbocycles. The molecular formula is C28H22N4O4. The number of carbonyl (C=O) groups excluding carboxylic acids is 1. The smallest absolute Gasteiger partial charge is 0.277 e. The van der Waals surface area contributed by atoms with Crippen LogP contribution >= 0.6 is 0 Å². The molecule has 0 spiro atoms. The number of rotatable bonds is 6. The fourth-order valence-corrected chi connectivity index (χ4v) is 4.72. The van der Waals surface area contributed by atoms with Crippen molar-refractivity contribution in [3.8, 4) is 34.0 Å². The van der Waals surface area contributed by atoms with E-state index in [1.165, 1.54) is 6.26 Å². The van der Waals surface area contributed by atoms with Gasteiger partial charge < -0.3 is 14.0 Å². The van der Waals surface area contributed by atoms with E-state index in [1.807, 2.05) is 72.8 Å². The lowest BCUT2D eigenvalue weighted by Gasteiger charge is -2.27. The number of nitrogens with zero attached hydrogens (tertiary/aromatic N) is 3. The van der Waals surface area contributed by atoms with Gasteiger partial charge in [-0.15, -0.1) is 0 Å². The Bertz CT molecular complexity index is 1520. The Morgan fingerprint density at radius 3 is 2.33 bits per heavy atom. The molecule has 36 heavy (non-hydrogen) atoms. The molecule has 0 saturated heterocycles. The number of ether oxygens (including phenoxy) is 2. The van der Waals surface area contributed by atoms with Gasteiger partial charge >= 0.3 is 0 Å². The Kier molecular flexibility index (Phi) is 5.26. The average Bonchev–Trinajstić information content (AvgIpc) is 3.67. The highest BCUT2D eigenvalue weighted by Crippen LogP contribution is 2.47. The van der Waals surface area contributed by atoms with Crippen molar-refractivity contribution < 1.29 is 18.8 Å². The van der Waals surface area contributed by atoms with Gasteiger partial charge in [0, 0.05) is 34.0 Å². The molecule has 1 N–H and O–H groups in total. The number of fused-ring (bicyclic) bond motifs is 1. The van der Waals surface area contributed by atoms with Crippen molar-refractivity contribution in [3.05, 3.63) is 102 Å². The predicted octanol–water partition coefficient (Wildman–Crippen LogP) is 5.50. The second-order valence-corrected chi connectivity index (χ2v) is 8.34. The summed E-state index contributed by atoms with van der Waals surface area (Å²) in [6.07, 6.45) is 1.53. The number of aromatic nitrogens is 3. The SMILES string of the molecule is COc1ccc(-c2n[nH]c3c2C(c2ccccc2OC)N(c2ccc(-c4ccon4)cc2)C3=O)cc1. The van der Waals surface area contributed by atoms with Crippen LogP contribution < -0.4 is 14.4 Å². The van der Waals surface area contributed by atoms with Crippen molar-refractivity contribution >= 4 is 11.6 Å². The topological polar surface area (TPSA) is 93.5 Å². The van der Waals surface area contributed by atoms with Gasteiger partial charge in [0.2, 0.25) is 0 Å². The van der Waals surface area contributed by atoms with Gasteiger partial charge in [0.15, 0.2) is 0 Å². The number of hydrogen-bond donors (Lipinski definition) is 1. The number of para-hydroxylation sites is 1. The van der Waals surface area contributed by atoms with Gasteiger partial charge in [-0.05, 0) is 42.5 Å². The van der Waals surface area contributed by atoms with Crippen LogP contribution in [0.3, 0.4) is 0 Å². The van der Waals surface area contributed by atoms with Crippen molar-refractivity contribution in [1.29, 1.82) is 0 Å². The number of carbonyl (C=O) groups is 1. The molecule has 1 amide bonds. The minimum absolute atomic E-state index is 0.164. The van der Waals surface area contributed by atoms with Gasteiger partial charge in [-0.3, -0.25) is 14.8 Å². The number of nitrogens with one attached hydrogen (secondary N) is 1. The molecule has 6 rings (SSSR count). The van der Waals surface area contributed by atoms with Crippen LogP contribution in [0.25, 0.3) is 22.5 Å². The normalized spacial score (nSPS) is 14.7. The lowest BCUT2D eigenvalue weighted by molar-refractivity contribution is 0.0988. The molecule has 5 aromatic rings. The molecule has 1 unspecified atom stereocenters. The Morgan fingerprint density at radius 1 is 0.889 bits per heavy atom. The van der Waals surface area contributed by atoms with Gasteiger partial charge in [-0.2, -0.15) is 5.10 Å². The van der Waals surface area contributed by atoms with Crippen LogP contribution in [0.1, 0.15) is 27.7 Å². The summed E-state index contributed by atoms with van der Waals surface area (Å²) in [5.41, 5.74) is 6.08. The first-order valence-electron chi connectivity index (χ1n) is 11.4. The van der Waals surface area contributed by atoms with E-state index < -0.39 is 6.04 Å². The summed E-state index contributed by atoms with van der Waals surface area (Å²) in [6.45, 7) is 0. The first kappa shape index (κ1) is 21.7. The summed E-state index contributed by atoms with van der Waals surface area (Å²) in [5, 5.41) is 11.5. The predicted molar refractivity (Wildman–Crippen MR) is 134 cm³/mol. The van der Waals surface area contributed by atoms with E-state index in [2.05, 4.69) is 15.4 Å². The van der Waals surface area contributed by atoms with Gasteiger partial charge in [0.25, 0.3) is 5.91 Å². The Morgan fingerprint density at radius 2 is 1.64 bits per heavy atom. The lowest BCUT2D eigenvalue weighted by atomic mass is 9.95. The third kappa shape index (κ3) is 3.42. The third-order valence-corrected chi connectivity index (χ3v) is 6.44. The van der Waals surface area contributed by atoms with Crippen LogP contribution in [0.15, 0.2) is 89.6 Å². The van der Waals surface area contributed by atoms with Crippen LogP contribution in [0, 0.1) is 0 Å². The summed E-state index contributed by atoms with van der Waals surface area (Å²) in [7, 11) is 3.26. The molecule has 8 heteroatoms. The summed E-state index contributed by atoms with van der Waals surface area (Å²) in [4.78, 5) is 15.6. The molecule has 3 aromatic carbocycles. The van der Waals surface area contributed by atoms with Crippen LogP contribution in [-0.2, 0) is 0 Å². The maximum absolute atomic E-state index is 13.8. The first-order chi connectivity index (χ1) is 17.7. The molecule has 1 aliphatic heterocycles. The van der Waals surface area contributed by atoms with Crippen LogP contribution in [0.4, 0.5) is 5.69 Å². The molecule has 1 aliphatic rings. The van der Waals surface area contributed by atoms with E-state index in [1.54, 1.807) is 25.2 Å². The standard InChI is InChI=1S/C28H22N4O4/c1-34-20-13-9-18(10-14-20)25-24-26(30-29-25)28(33)32(27(24)21-5-3-4-6-23(21)35-2)19-11-7-17(8-12-19)22-15-16-36-31-22/h3-16,27H,1-2H3,(H,29,30). The Hall–Kier alpha value is -4.85. The van der Waals surface area contributed by atoms with Crippen molar-refractivity contribution in [3.63, 3.8) is 0 Å². The summed E-state index contributed by atoms with van der Waals surface area (Å²) in [6, 6.07) is 24.4. The van der Waals surface area contributed by atoms with Gasteiger partial charge in [-0.1, -0.05) is 35.5 Å². The van der Waals surface area contributed by atoms with Crippen molar-refractivity contribution in [2.75, 3.05) is 19.1 Å².